The maximum Gasteiger partial charge on any atom is 0.249 e. The van der Waals surface area contributed by atoms with Crippen molar-refractivity contribution in [2.45, 2.75) is 75.9 Å². The summed E-state index contributed by atoms with van der Waals surface area (Å²) in [5.74, 6) is 1.94. The van der Waals surface area contributed by atoms with Gasteiger partial charge in [0.05, 0.1) is 12.1 Å². The Morgan fingerprint density at radius 3 is 2.74 bits per heavy atom. The van der Waals surface area contributed by atoms with Crippen molar-refractivity contribution >= 4 is 5.91 Å². The van der Waals surface area contributed by atoms with E-state index in [0.29, 0.717) is 11.7 Å². The van der Waals surface area contributed by atoms with Crippen LogP contribution in [0.5, 0.6) is 0 Å². The third-order valence-corrected chi connectivity index (χ3v) is 5.25. The maximum absolute atomic E-state index is 12.5. The van der Waals surface area contributed by atoms with Crippen LogP contribution in [0, 0.1) is 0 Å². The smallest absolute Gasteiger partial charge is 0.249 e. The van der Waals surface area contributed by atoms with E-state index in [1.54, 1.807) is 0 Å². The number of carbonyl (C=O) groups is 1. The summed E-state index contributed by atoms with van der Waals surface area (Å²) in [6, 6.07) is -0.0336. The van der Waals surface area contributed by atoms with E-state index in [1.165, 1.54) is 19.3 Å². The lowest BCUT2D eigenvalue weighted by Gasteiger charge is -2.25. The lowest BCUT2D eigenvalue weighted by Crippen LogP contribution is -2.35. The van der Waals surface area contributed by atoms with Gasteiger partial charge in [0.1, 0.15) is 6.61 Å². The number of aromatic nitrogens is 2. The molecular formula is C17H25N3O3. The fraction of sp³-hybridized carbons (Fsp3) is 0.824. The average molecular weight is 319 g/mol. The Labute approximate surface area is 136 Å². The molecule has 23 heavy (non-hydrogen) atoms. The summed E-state index contributed by atoms with van der Waals surface area (Å²) in [5.41, 5.74) is 0. The van der Waals surface area contributed by atoms with E-state index in [0.717, 1.165) is 51.0 Å². The summed E-state index contributed by atoms with van der Waals surface area (Å²) in [6.07, 6.45) is 10.4. The van der Waals surface area contributed by atoms with Crippen LogP contribution in [0.4, 0.5) is 0 Å². The molecule has 2 aliphatic carbocycles. The lowest BCUT2D eigenvalue weighted by atomic mass is 9.98. The minimum atomic E-state index is -0.0336. The lowest BCUT2D eigenvalue weighted by molar-refractivity contribution is -0.140. The largest absolute Gasteiger partial charge is 0.368 e. The van der Waals surface area contributed by atoms with Crippen molar-refractivity contribution in [1.29, 1.82) is 0 Å². The topological polar surface area (TPSA) is 68.5 Å². The van der Waals surface area contributed by atoms with Crippen LogP contribution >= 0.6 is 0 Å². The van der Waals surface area contributed by atoms with Crippen LogP contribution in [-0.4, -0.2) is 40.2 Å². The highest BCUT2D eigenvalue weighted by atomic mass is 16.5. The summed E-state index contributed by atoms with van der Waals surface area (Å²) in [7, 11) is 0. The molecule has 6 nitrogen and oxygen atoms in total. The Kier molecular flexibility index (Phi) is 4.33. The van der Waals surface area contributed by atoms with E-state index in [-0.39, 0.29) is 24.7 Å². The molecule has 1 saturated heterocycles. The van der Waals surface area contributed by atoms with Crippen LogP contribution in [-0.2, 0) is 9.53 Å². The van der Waals surface area contributed by atoms with Gasteiger partial charge in [-0.05, 0) is 38.5 Å². The number of likely N-dealkylation sites (tertiary alicyclic amines) is 1. The number of ether oxygens (including phenoxy) is 1. The van der Waals surface area contributed by atoms with Crippen LogP contribution in [0.25, 0.3) is 0 Å². The first-order valence-electron chi connectivity index (χ1n) is 9.06. The maximum atomic E-state index is 12.5. The fourth-order valence-corrected chi connectivity index (χ4v) is 3.72. The Bertz CT molecular complexity index is 549. The summed E-state index contributed by atoms with van der Waals surface area (Å²) in [5, 5.41) is 4.12. The Morgan fingerprint density at radius 1 is 1.13 bits per heavy atom. The molecule has 0 bridgehead atoms. The SMILES string of the molecule is O=C(COC1CCCCC1)N1CCC[C@@H]1c1noc(C2CC2)n1. The van der Waals surface area contributed by atoms with Gasteiger partial charge < -0.3 is 14.2 Å². The summed E-state index contributed by atoms with van der Waals surface area (Å²) < 4.78 is 11.2. The van der Waals surface area contributed by atoms with Gasteiger partial charge in [-0.25, -0.2) is 0 Å². The monoisotopic (exact) mass is 319 g/mol. The molecule has 0 spiro atoms. The van der Waals surface area contributed by atoms with Crippen molar-refractivity contribution in [3.8, 4) is 0 Å². The van der Waals surface area contributed by atoms with Crippen LogP contribution in [0.2, 0.25) is 0 Å². The first-order chi connectivity index (χ1) is 11.3. The van der Waals surface area contributed by atoms with E-state index in [2.05, 4.69) is 10.1 Å². The molecule has 6 heteroatoms. The first-order valence-corrected chi connectivity index (χ1v) is 9.06. The highest BCUT2D eigenvalue weighted by molar-refractivity contribution is 5.78. The van der Waals surface area contributed by atoms with Gasteiger partial charge in [-0.3, -0.25) is 4.79 Å². The van der Waals surface area contributed by atoms with Gasteiger partial charge in [0.25, 0.3) is 0 Å². The van der Waals surface area contributed by atoms with Crippen LogP contribution in [0.3, 0.4) is 0 Å². The zero-order valence-electron chi connectivity index (χ0n) is 13.6. The van der Waals surface area contributed by atoms with E-state index in [1.807, 2.05) is 4.90 Å². The van der Waals surface area contributed by atoms with E-state index >= 15 is 0 Å². The molecule has 3 aliphatic rings. The zero-order valence-corrected chi connectivity index (χ0v) is 13.6. The predicted molar refractivity (Wildman–Crippen MR) is 82.8 cm³/mol. The second-order valence-electron chi connectivity index (χ2n) is 7.08. The molecule has 126 valence electrons. The molecule has 4 rings (SSSR count). The number of hydrogen-bond acceptors (Lipinski definition) is 5. The third-order valence-electron chi connectivity index (χ3n) is 5.25. The van der Waals surface area contributed by atoms with Crippen molar-refractivity contribution in [3.63, 3.8) is 0 Å². The second-order valence-corrected chi connectivity index (χ2v) is 7.08. The minimum absolute atomic E-state index is 0.0336. The standard InChI is InChI=1S/C17H25N3O3/c21-15(11-22-13-5-2-1-3-6-13)20-10-4-7-14(20)16-18-17(23-19-16)12-8-9-12/h12-14H,1-11H2/t14-/m1/s1. The Hall–Kier alpha value is -1.43. The molecule has 1 aliphatic heterocycles. The molecule has 2 saturated carbocycles. The van der Waals surface area contributed by atoms with Gasteiger partial charge >= 0.3 is 0 Å². The predicted octanol–water partition coefficient (Wildman–Crippen LogP) is 2.96. The van der Waals surface area contributed by atoms with E-state index < -0.39 is 0 Å². The second kappa shape index (κ2) is 6.59. The molecule has 2 heterocycles. The molecular weight excluding hydrogens is 294 g/mol. The number of amides is 1. The van der Waals surface area contributed by atoms with Gasteiger partial charge in [-0.15, -0.1) is 0 Å². The Balaban J connectivity index is 1.35. The number of nitrogens with zero attached hydrogens (tertiary/aromatic N) is 3. The fourth-order valence-electron chi connectivity index (χ4n) is 3.72. The molecule has 1 aromatic rings. The first kappa shape index (κ1) is 15.1. The molecule has 3 fully saturated rings. The molecule has 0 radical (unpaired) electrons. The van der Waals surface area contributed by atoms with Gasteiger partial charge in [0.2, 0.25) is 11.8 Å². The highest BCUT2D eigenvalue weighted by Gasteiger charge is 2.36. The van der Waals surface area contributed by atoms with Crippen LogP contribution < -0.4 is 0 Å². The van der Waals surface area contributed by atoms with Gasteiger partial charge in [0.15, 0.2) is 5.82 Å². The van der Waals surface area contributed by atoms with Crippen molar-refractivity contribution in [3.05, 3.63) is 11.7 Å². The summed E-state index contributed by atoms with van der Waals surface area (Å²) in [6.45, 7) is 0.958. The average Bonchev–Trinajstić information content (AvgIpc) is 3.12. The molecule has 1 aromatic heterocycles. The quantitative estimate of drug-likeness (QED) is 0.834. The van der Waals surface area contributed by atoms with Gasteiger partial charge in [-0.1, -0.05) is 24.4 Å². The molecule has 1 atom stereocenters. The number of rotatable bonds is 5. The van der Waals surface area contributed by atoms with Crippen molar-refractivity contribution in [2.24, 2.45) is 0 Å². The van der Waals surface area contributed by atoms with Gasteiger partial charge in [0, 0.05) is 12.5 Å². The zero-order chi connectivity index (χ0) is 15.6. The third kappa shape index (κ3) is 3.42. The molecule has 0 unspecified atom stereocenters. The molecule has 0 aromatic carbocycles. The van der Waals surface area contributed by atoms with Crippen molar-refractivity contribution in [1.82, 2.24) is 15.0 Å². The summed E-state index contributed by atoms with van der Waals surface area (Å²) in [4.78, 5) is 18.9. The number of carbonyl (C=O) groups excluding carboxylic acids is 1. The Morgan fingerprint density at radius 2 is 1.96 bits per heavy atom. The van der Waals surface area contributed by atoms with Crippen molar-refractivity contribution in [2.75, 3.05) is 13.2 Å². The van der Waals surface area contributed by atoms with E-state index in [4.69, 9.17) is 9.26 Å². The normalized spacial score (nSPS) is 25.9. The van der Waals surface area contributed by atoms with E-state index in [9.17, 15) is 4.79 Å². The minimum Gasteiger partial charge on any atom is -0.368 e. The number of hydrogen-bond donors (Lipinski definition) is 0. The summed E-state index contributed by atoms with van der Waals surface area (Å²) >= 11 is 0. The highest BCUT2D eigenvalue weighted by Crippen LogP contribution is 2.40. The van der Waals surface area contributed by atoms with Crippen molar-refractivity contribution < 1.29 is 14.1 Å². The molecule has 0 N–H and O–H groups in total. The van der Waals surface area contributed by atoms with Gasteiger partial charge in [-0.2, -0.15) is 4.98 Å². The van der Waals surface area contributed by atoms with Crippen LogP contribution in [0.15, 0.2) is 4.52 Å². The molecule has 1 amide bonds. The van der Waals surface area contributed by atoms with Crippen LogP contribution in [0.1, 0.15) is 81.5 Å².